The molecule has 1 fully saturated rings. The van der Waals surface area contributed by atoms with Gasteiger partial charge >= 0.3 is 127 Å². The Hall–Kier alpha value is -0.762. The number of rotatable bonds is 10. The summed E-state index contributed by atoms with van der Waals surface area (Å²) >= 11 is -1.22. The number of hydrogen-bond acceptors (Lipinski definition) is 3. The third kappa shape index (κ3) is 7.14. The molecule has 1 N–H and O–H groups in total. The molecular weight excluding hydrogens is 319 g/mol. The Morgan fingerprint density at radius 2 is 2.00 bits per heavy atom. The van der Waals surface area contributed by atoms with Crippen molar-refractivity contribution in [3.63, 3.8) is 0 Å². The fraction of sp³-hybridized carbons (Fsp3) is 0.733. The standard InChI is InChI=1S/C15H25AsO4/c1-2-3-4-5-6-11-13(14(17)18)16-15(19)20-12-9-7-8-10-12/h2,12-13,16H,1,3-11H2,(H,17,18). The van der Waals surface area contributed by atoms with E-state index in [2.05, 4.69) is 6.58 Å². The van der Waals surface area contributed by atoms with E-state index in [0.717, 1.165) is 51.4 Å². The Morgan fingerprint density at radius 3 is 2.60 bits per heavy atom. The van der Waals surface area contributed by atoms with E-state index < -0.39 is 26.4 Å². The molecule has 0 heterocycles. The quantitative estimate of drug-likeness (QED) is 0.374. The summed E-state index contributed by atoms with van der Waals surface area (Å²) in [5.74, 6) is -0.836. The molecule has 1 aliphatic carbocycles. The predicted molar refractivity (Wildman–Crippen MR) is 80.6 cm³/mol. The molecule has 0 bridgehead atoms. The molecule has 1 aliphatic rings. The number of hydrogen-bond donors (Lipinski definition) is 1. The van der Waals surface area contributed by atoms with Gasteiger partial charge in [-0.15, -0.1) is 0 Å². The van der Waals surface area contributed by atoms with E-state index >= 15 is 0 Å². The molecule has 1 rings (SSSR count). The summed E-state index contributed by atoms with van der Waals surface area (Å²) in [7, 11) is 0. The van der Waals surface area contributed by atoms with Gasteiger partial charge in [0, 0.05) is 0 Å². The van der Waals surface area contributed by atoms with Crippen molar-refractivity contribution in [1.82, 2.24) is 0 Å². The van der Waals surface area contributed by atoms with Crippen LogP contribution in [0.1, 0.15) is 57.8 Å². The Morgan fingerprint density at radius 1 is 1.30 bits per heavy atom. The molecule has 0 aromatic heterocycles. The zero-order chi connectivity index (χ0) is 14.8. The predicted octanol–water partition coefficient (Wildman–Crippen LogP) is 3.51. The molecular formula is C15H25AsO4. The van der Waals surface area contributed by atoms with Gasteiger partial charge < -0.3 is 0 Å². The van der Waals surface area contributed by atoms with Crippen LogP contribution in [0.15, 0.2) is 12.7 Å². The maximum atomic E-state index is 11.8. The first-order chi connectivity index (χ1) is 9.63. The summed E-state index contributed by atoms with van der Waals surface area (Å²) in [6, 6.07) is 0. The zero-order valence-electron chi connectivity index (χ0n) is 12.0. The second-order valence-corrected chi connectivity index (χ2v) is 8.20. The SMILES string of the molecule is C=CCCCCCC([AsH]C(=O)OC1CCCC1)C(=O)O. The maximum absolute atomic E-state index is 11.8. The summed E-state index contributed by atoms with van der Waals surface area (Å²) in [4.78, 5) is 23.0. The topological polar surface area (TPSA) is 63.6 Å². The van der Waals surface area contributed by atoms with E-state index in [4.69, 9.17) is 4.74 Å². The molecule has 0 amide bonds. The van der Waals surface area contributed by atoms with Crippen molar-refractivity contribution < 1.29 is 19.4 Å². The van der Waals surface area contributed by atoms with Crippen LogP contribution in [0, 0.1) is 0 Å². The molecule has 2 unspecified atom stereocenters. The molecule has 0 spiro atoms. The van der Waals surface area contributed by atoms with Gasteiger partial charge in [-0.25, -0.2) is 0 Å². The van der Waals surface area contributed by atoms with Gasteiger partial charge in [0.2, 0.25) is 0 Å². The van der Waals surface area contributed by atoms with Crippen molar-refractivity contribution in [3.05, 3.63) is 12.7 Å². The van der Waals surface area contributed by atoms with Gasteiger partial charge in [0.25, 0.3) is 0 Å². The average molecular weight is 344 g/mol. The Kier molecular flexibility index (Phi) is 8.68. The van der Waals surface area contributed by atoms with Crippen LogP contribution in [0.25, 0.3) is 0 Å². The fourth-order valence-electron chi connectivity index (χ4n) is 2.41. The number of carboxylic acid groups (broad SMARTS) is 1. The van der Waals surface area contributed by atoms with Gasteiger partial charge in [-0.2, -0.15) is 0 Å². The molecule has 2 atom stereocenters. The Balaban J connectivity index is 2.24. The number of carbonyl (C=O) groups is 2. The van der Waals surface area contributed by atoms with Crippen molar-refractivity contribution in [3.8, 4) is 0 Å². The van der Waals surface area contributed by atoms with Crippen molar-refractivity contribution in [2.45, 2.75) is 68.6 Å². The van der Waals surface area contributed by atoms with Crippen LogP contribution in [0.4, 0.5) is 4.79 Å². The summed E-state index contributed by atoms with van der Waals surface area (Å²) in [6.45, 7) is 3.66. The molecule has 0 aliphatic heterocycles. The molecule has 0 saturated heterocycles. The van der Waals surface area contributed by atoms with Crippen LogP contribution in [-0.4, -0.2) is 37.7 Å². The molecule has 0 aromatic carbocycles. The molecule has 20 heavy (non-hydrogen) atoms. The van der Waals surface area contributed by atoms with Crippen LogP contribution >= 0.6 is 0 Å². The number of carboxylic acids is 1. The van der Waals surface area contributed by atoms with Crippen LogP contribution < -0.4 is 0 Å². The first-order valence-corrected chi connectivity index (χ1v) is 9.70. The average Bonchev–Trinajstić information content (AvgIpc) is 2.89. The first-order valence-electron chi connectivity index (χ1n) is 7.44. The van der Waals surface area contributed by atoms with Crippen LogP contribution in [0.3, 0.4) is 0 Å². The van der Waals surface area contributed by atoms with Crippen molar-refractivity contribution in [2.24, 2.45) is 0 Å². The first kappa shape index (κ1) is 17.3. The minimum absolute atomic E-state index is 0.0493. The minimum atomic E-state index is -1.22. The Bertz CT molecular complexity index is 324. The van der Waals surface area contributed by atoms with E-state index in [1.165, 1.54) is 0 Å². The summed E-state index contributed by atoms with van der Waals surface area (Å²) < 4.78 is 4.67. The second-order valence-electron chi connectivity index (χ2n) is 5.27. The van der Waals surface area contributed by atoms with E-state index in [9.17, 15) is 14.7 Å². The summed E-state index contributed by atoms with van der Waals surface area (Å²) in [5.41, 5.74) is 0. The van der Waals surface area contributed by atoms with Gasteiger partial charge in [-0.05, 0) is 0 Å². The summed E-state index contributed by atoms with van der Waals surface area (Å²) in [6.07, 6.45) is 10.5. The van der Waals surface area contributed by atoms with Crippen LogP contribution in [0.2, 0.25) is 4.71 Å². The van der Waals surface area contributed by atoms with E-state index in [1.807, 2.05) is 6.08 Å². The van der Waals surface area contributed by atoms with Gasteiger partial charge in [0.05, 0.1) is 0 Å². The van der Waals surface area contributed by atoms with Crippen molar-refractivity contribution in [1.29, 1.82) is 0 Å². The molecule has 1 saturated carbocycles. The third-order valence-corrected chi connectivity index (χ3v) is 6.16. The number of unbranched alkanes of at least 4 members (excludes halogenated alkanes) is 3. The zero-order valence-corrected chi connectivity index (χ0v) is 14.1. The Labute approximate surface area is 127 Å². The number of carbonyl (C=O) groups excluding carboxylic acids is 1. The number of allylic oxidation sites excluding steroid dienone is 1. The molecule has 0 radical (unpaired) electrons. The monoisotopic (exact) mass is 344 g/mol. The molecule has 0 aromatic rings. The van der Waals surface area contributed by atoms with Gasteiger partial charge in [0.15, 0.2) is 0 Å². The van der Waals surface area contributed by atoms with Crippen molar-refractivity contribution >= 4 is 26.5 Å². The van der Waals surface area contributed by atoms with E-state index in [-0.39, 0.29) is 10.9 Å². The molecule has 114 valence electrons. The molecule has 4 nitrogen and oxygen atoms in total. The number of aliphatic carboxylic acids is 1. The fourth-order valence-corrected chi connectivity index (χ4v) is 4.48. The van der Waals surface area contributed by atoms with E-state index in [1.54, 1.807) is 0 Å². The third-order valence-electron chi connectivity index (χ3n) is 3.57. The van der Waals surface area contributed by atoms with Crippen LogP contribution in [0.5, 0.6) is 0 Å². The molecule has 5 heteroatoms. The van der Waals surface area contributed by atoms with Gasteiger partial charge in [0.1, 0.15) is 0 Å². The van der Waals surface area contributed by atoms with Gasteiger partial charge in [-0.1, -0.05) is 0 Å². The normalized spacial score (nSPS) is 17.4. The second kappa shape index (κ2) is 10.0. The number of ether oxygens (including phenoxy) is 1. The van der Waals surface area contributed by atoms with E-state index in [0.29, 0.717) is 6.42 Å². The van der Waals surface area contributed by atoms with Gasteiger partial charge in [-0.3, -0.25) is 0 Å². The van der Waals surface area contributed by atoms with Crippen molar-refractivity contribution in [2.75, 3.05) is 0 Å². The summed E-state index contributed by atoms with van der Waals surface area (Å²) in [5, 5.41) is 9.19. The van der Waals surface area contributed by atoms with Crippen LogP contribution in [-0.2, 0) is 9.53 Å².